The molecule has 0 amide bonds. The van der Waals surface area contributed by atoms with Gasteiger partial charge in [-0.2, -0.15) is 0 Å². The fraction of sp³-hybridized carbons (Fsp3) is 0.636. The second-order valence-electron chi connectivity index (χ2n) is 7.28. The molecule has 162 valence electrons. The third-order valence-corrected chi connectivity index (χ3v) is 4.72. The van der Waals surface area contributed by atoms with Crippen molar-refractivity contribution in [2.24, 2.45) is 11.8 Å². The lowest BCUT2D eigenvalue weighted by Crippen LogP contribution is -2.52. The largest absolute Gasteiger partial charge is 0.462 e. The molecule has 0 aliphatic heterocycles. The maximum absolute atomic E-state index is 12.4. The van der Waals surface area contributed by atoms with Crippen LogP contribution < -0.4 is 0 Å². The van der Waals surface area contributed by atoms with E-state index in [4.69, 9.17) is 14.2 Å². The van der Waals surface area contributed by atoms with E-state index in [1.807, 2.05) is 13.8 Å². The monoisotopic (exact) mass is 407 g/mol. The molecule has 1 saturated carbocycles. The molecule has 0 spiro atoms. The standard InChI is InChI=1S/C19H25NO6.C3H8/c1-5-15-17(24-12(3)21)9-16(11(2)18(15)25-13(4)22)26-19(23)14-7-6-8-20-10-14;1-3-2/h6-8,10-11,15-18H,5,9H2,1-4H3;3H2,1-2H3/t11-,15+,16-,17+,18-;/m1./s1. The Morgan fingerprint density at radius 1 is 1.03 bits per heavy atom. The summed E-state index contributed by atoms with van der Waals surface area (Å²) in [4.78, 5) is 39.3. The number of esters is 3. The van der Waals surface area contributed by atoms with E-state index in [1.165, 1.54) is 26.5 Å². The van der Waals surface area contributed by atoms with Crippen molar-refractivity contribution in [3.05, 3.63) is 30.1 Å². The first-order chi connectivity index (χ1) is 13.7. The van der Waals surface area contributed by atoms with Crippen LogP contribution in [0.25, 0.3) is 0 Å². The molecule has 1 aromatic heterocycles. The predicted octanol–water partition coefficient (Wildman–Crippen LogP) is 3.95. The number of carbonyl (C=O) groups excluding carboxylic acids is 3. The van der Waals surface area contributed by atoms with Gasteiger partial charge >= 0.3 is 17.9 Å². The smallest absolute Gasteiger partial charge is 0.339 e. The van der Waals surface area contributed by atoms with E-state index in [2.05, 4.69) is 18.8 Å². The molecule has 1 aliphatic rings. The number of nitrogens with zero attached hydrogens (tertiary/aromatic N) is 1. The Kier molecular flexibility index (Phi) is 10.3. The first-order valence-electron chi connectivity index (χ1n) is 10.2. The SMILES string of the molecule is CCC.CC[C@@H]1[C@H](OC(C)=O)[C@H](C)[C@H](OC(=O)c2cccnc2)C[C@@H]1OC(C)=O. The molecule has 0 N–H and O–H groups in total. The van der Waals surface area contributed by atoms with Crippen molar-refractivity contribution < 1.29 is 28.6 Å². The number of hydrogen-bond donors (Lipinski definition) is 0. The summed E-state index contributed by atoms with van der Waals surface area (Å²) in [6, 6.07) is 3.27. The number of pyridine rings is 1. The Balaban J connectivity index is 0.00000132. The van der Waals surface area contributed by atoms with Crippen LogP contribution in [0.1, 0.15) is 71.2 Å². The van der Waals surface area contributed by atoms with Gasteiger partial charge in [0.2, 0.25) is 0 Å². The minimum absolute atomic E-state index is 0.147. The molecule has 1 fully saturated rings. The van der Waals surface area contributed by atoms with Crippen LogP contribution in [0.5, 0.6) is 0 Å². The van der Waals surface area contributed by atoms with Gasteiger partial charge in [0, 0.05) is 44.5 Å². The summed E-state index contributed by atoms with van der Waals surface area (Å²) < 4.78 is 16.6. The number of carbonyl (C=O) groups is 3. The number of hydrogen-bond acceptors (Lipinski definition) is 7. The Morgan fingerprint density at radius 2 is 1.66 bits per heavy atom. The molecule has 7 heteroatoms. The maximum Gasteiger partial charge on any atom is 0.339 e. The van der Waals surface area contributed by atoms with Gasteiger partial charge in [0.25, 0.3) is 0 Å². The molecular formula is C22H33NO6. The quantitative estimate of drug-likeness (QED) is 0.539. The normalized spacial score (nSPS) is 25.8. The molecule has 1 aromatic rings. The molecule has 0 aromatic carbocycles. The van der Waals surface area contributed by atoms with Gasteiger partial charge in [-0.25, -0.2) is 4.79 Å². The van der Waals surface area contributed by atoms with E-state index >= 15 is 0 Å². The van der Waals surface area contributed by atoms with Crippen molar-refractivity contribution in [2.45, 2.75) is 79.1 Å². The number of aromatic nitrogens is 1. The van der Waals surface area contributed by atoms with Gasteiger partial charge in [-0.15, -0.1) is 0 Å². The summed E-state index contributed by atoms with van der Waals surface area (Å²) in [7, 11) is 0. The zero-order chi connectivity index (χ0) is 22.0. The van der Waals surface area contributed by atoms with Crippen molar-refractivity contribution in [3.63, 3.8) is 0 Å². The van der Waals surface area contributed by atoms with E-state index in [0.29, 0.717) is 18.4 Å². The molecule has 0 saturated heterocycles. The minimum atomic E-state index is -0.542. The zero-order valence-corrected chi connectivity index (χ0v) is 18.2. The second kappa shape index (κ2) is 12.2. The van der Waals surface area contributed by atoms with Crippen molar-refractivity contribution in [2.75, 3.05) is 0 Å². The first kappa shape index (κ1) is 24.6. The fourth-order valence-corrected chi connectivity index (χ4v) is 3.51. The summed E-state index contributed by atoms with van der Waals surface area (Å²) in [6.07, 6.45) is 3.76. The fourth-order valence-electron chi connectivity index (χ4n) is 3.51. The number of rotatable bonds is 5. The van der Waals surface area contributed by atoms with Crippen molar-refractivity contribution >= 4 is 17.9 Å². The van der Waals surface area contributed by atoms with Crippen molar-refractivity contribution in [1.29, 1.82) is 0 Å². The Morgan fingerprint density at radius 3 is 2.14 bits per heavy atom. The Bertz CT molecular complexity index is 663. The third kappa shape index (κ3) is 7.48. The molecule has 0 unspecified atom stereocenters. The maximum atomic E-state index is 12.4. The van der Waals surface area contributed by atoms with Gasteiger partial charge in [0.15, 0.2) is 0 Å². The van der Waals surface area contributed by atoms with Crippen LogP contribution in [0.15, 0.2) is 24.5 Å². The molecule has 0 radical (unpaired) electrons. The molecule has 0 bridgehead atoms. The highest BCUT2D eigenvalue weighted by Crippen LogP contribution is 2.37. The molecular weight excluding hydrogens is 374 g/mol. The molecule has 2 rings (SSSR count). The van der Waals surface area contributed by atoms with Crippen LogP contribution in [-0.2, 0) is 23.8 Å². The van der Waals surface area contributed by atoms with Gasteiger partial charge in [0.1, 0.15) is 18.3 Å². The third-order valence-electron chi connectivity index (χ3n) is 4.72. The average molecular weight is 408 g/mol. The van der Waals surface area contributed by atoms with Gasteiger partial charge in [-0.3, -0.25) is 14.6 Å². The first-order valence-corrected chi connectivity index (χ1v) is 10.2. The van der Waals surface area contributed by atoms with E-state index in [9.17, 15) is 14.4 Å². The lowest BCUT2D eigenvalue weighted by Gasteiger charge is -2.43. The summed E-state index contributed by atoms with van der Waals surface area (Å²) in [5.74, 6) is -1.71. The number of ether oxygens (including phenoxy) is 3. The molecule has 29 heavy (non-hydrogen) atoms. The molecule has 1 aliphatic carbocycles. The summed E-state index contributed by atoms with van der Waals surface area (Å²) in [6.45, 7) is 10.8. The van der Waals surface area contributed by atoms with E-state index in [0.717, 1.165) is 0 Å². The highest BCUT2D eigenvalue weighted by molar-refractivity contribution is 5.89. The summed E-state index contributed by atoms with van der Waals surface area (Å²) in [5, 5.41) is 0. The Labute approximate surface area is 173 Å². The molecule has 7 nitrogen and oxygen atoms in total. The zero-order valence-electron chi connectivity index (χ0n) is 18.2. The van der Waals surface area contributed by atoms with Gasteiger partial charge in [-0.1, -0.05) is 34.1 Å². The highest BCUT2D eigenvalue weighted by atomic mass is 16.6. The van der Waals surface area contributed by atoms with E-state index in [-0.39, 0.29) is 11.8 Å². The van der Waals surface area contributed by atoms with Crippen molar-refractivity contribution in [1.82, 2.24) is 4.98 Å². The van der Waals surface area contributed by atoms with Crippen LogP contribution in [0.2, 0.25) is 0 Å². The van der Waals surface area contributed by atoms with Crippen LogP contribution in [0.4, 0.5) is 0 Å². The van der Waals surface area contributed by atoms with Gasteiger partial charge in [-0.05, 0) is 18.6 Å². The topological polar surface area (TPSA) is 91.8 Å². The van der Waals surface area contributed by atoms with E-state index in [1.54, 1.807) is 18.3 Å². The minimum Gasteiger partial charge on any atom is -0.462 e. The van der Waals surface area contributed by atoms with Gasteiger partial charge < -0.3 is 14.2 Å². The summed E-state index contributed by atoms with van der Waals surface area (Å²) in [5.41, 5.74) is 0.338. The predicted molar refractivity (Wildman–Crippen MR) is 108 cm³/mol. The second-order valence-corrected chi connectivity index (χ2v) is 7.28. The average Bonchev–Trinajstić information content (AvgIpc) is 2.66. The molecule has 1 heterocycles. The Hall–Kier alpha value is -2.44. The van der Waals surface area contributed by atoms with Crippen LogP contribution in [0.3, 0.4) is 0 Å². The van der Waals surface area contributed by atoms with Gasteiger partial charge in [0.05, 0.1) is 5.56 Å². The lowest BCUT2D eigenvalue weighted by atomic mass is 9.74. The lowest BCUT2D eigenvalue weighted by molar-refractivity contribution is -0.180. The van der Waals surface area contributed by atoms with E-state index < -0.39 is 36.2 Å². The van der Waals surface area contributed by atoms with Crippen LogP contribution in [0, 0.1) is 11.8 Å². The summed E-state index contributed by atoms with van der Waals surface area (Å²) >= 11 is 0. The molecule has 5 atom stereocenters. The highest BCUT2D eigenvalue weighted by Gasteiger charge is 2.47. The van der Waals surface area contributed by atoms with Crippen LogP contribution >= 0.6 is 0 Å². The van der Waals surface area contributed by atoms with Crippen molar-refractivity contribution in [3.8, 4) is 0 Å². The van der Waals surface area contributed by atoms with Crippen LogP contribution in [-0.4, -0.2) is 41.2 Å².